The van der Waals surface area contributed by atoms with Gasteiger partial charge in [-0.05, 0) is 43.5 Å². The van der Waals surface area contributed by atoms with Crippen molar-refractivity contribution >= 4 is 51.7 Å². The molecule has 1 fully saturated rings. The van der Waals surface area contributed by atoms with Crippen LogP contribution in [0.25, 0.3) is 0 Å². The van der Waals surface area contributed by atoms with Crippen molar-refractivity contribution in [3.05, 3.63) is 29.3 Å². The minimum Gasteiger partial charge on any atom is -0.325 e. The third-order valence-electron chi connectivity index (χ3n) is 3.80. The Morgan fingerprint density at radius 2 is 2.04 bits per heavy atom. The number of nitrogens with zero attached hydrogens (tertiary/aromatic N) is 2. The number of benzene rings is 1. The highest BCUT2D eigenvalue weighted by Crippen LogP contribution is 2.30. The SMILES string of the molecule is O=C1N=C2CCCCC2C(SCC(=O)Nc2ccc(Cl)cc2)=N1. The van der Waals surface area contributed by atoms with E-state index in [0.717, 1.165) is 36.4 Å². The van der Waals surface area contributed by atoms with Gasteiger partial charge in [0.15, 0.2) is 0 Å². The number of urea groups is 1. The molecule has 2 aliphatic rings. The van der Waals surface area contributed by atoms with Crippen LogP contribution in [-0.4, -0.2) is 28.4 Å². The molecule has 0 bridgehead atoms. The highest BCUT2D eigenvalue weighted by Gasteiger charge is 2.30. The van der Waals surface area contributed by atoms with Crippen molar-refractivity contribution in [3.8, 4) is 0 Å². The lowest BCUT2D eigenvalue weighted by Crippen LogP contribution is -2.31. The zero-order chi connectivity index (χ0) is 16.2. The number of hydrogen-bond acceptors (Lipinski definition) is 3. The summed E-state index contributed by atoms with van der Waals surface area (Å²) in [5, 5.41) is 4.15. The van der Waals surface area contributed by atoms with E-state index in [9.17, 15) is 9.59 Å². The highest BCUT2D eigenvalue weighted by molar-refractivity contribution is 8.14. The second-order valence-corrected chi connectivity index (χ2v) is 6.91. The van der Waals surface area contributed by atoms with Crippen molar-refractivity contribution in [2.75, 3.05) is 11.1 Å². The first-order chi connectivity index (χ1) is 11.1. The van der Waals surface area contributed by atoms with Crippen LogP contribution < -0.4 is 5.32 Å². The zero-order valence-electron chi connectivity index (χ0n) is 12.4. The third kappa shape index (κ3) is 4.20. The van der Waals surface area contributed by atoms with Crippen LogP contribution >= 0.6 is 23.4 Å². The Hall–Kier alpha value is -1.66. The second kappa shape index (κ2) is 7.27. The molecule has 1 aliphatic heterocycles. The molecule has 1 N–H and O–H groups in total. The van der Waals surface area contributed by atoms with Gasteiger partial charge in [-0.1, -0.05) is 29.8 Å². The summed E-state index contributed by atoms with van der Waals surface area (Å²) in [6.07, 6.45) is 3.98. The summed E-state index contributed by atoms with van der Waals surface area (Å²) in [5.41, 5.74) is 1.62. The normalized spacial score (nSPS) is 20.4. The van der Waals surface area contributed by atoms with E-state index < -0.39 is 6.03 Å². The maximum absolute atomic E-state index is 12.0. The van der Waals surface area contributed by atoms with Crippen molar-refractivity contribution < 1.29 is 9.59 Å². The van der Waals surface area contributed by atoms with Crippen LogP contribution in [0.2, 0.25) is 5.02 Å². The Bertz CT molecular complexity index is 685. The lowest BCUT2D eigenvalue weighted by molar-refractivity contribution is -0.113. The predicted octanol–water partition coefficient (Wildman–Crippen LogP) is 4.18. The number of carbonyl (C=O) groups is 2. The molecule has 1 unspecified atom stereocenters. The molecular weight excluding hydrogens is 334 g/mol. The van der Waals surface area contributed by atoms with E-state index in [0.29, 0.717) is 10.7 Å². The minimum absolute atomic E-state index is 0.120. The van der Waals surface area contributed by atoms with Crippen LogP contribution in [0.4, 0.5) is 10.5 Å². The van der Waals surface area contributed by atoms with Crippen molar-refractivity contribution in [2.24, 2.45) is 15.9 Å². The van der Waals surface area contributed by atoms with Gasteiger partial charge < -0.3 is 5.32 Å². The van der Waals surface area contributed by atoms with Crippen molar-refractivity contribution in [1.82, 2.24) is 0 Å². The Labute approximate surface area is 143 Å². The predicted molar refractivity (Wildman–Crippen MR) is 94.8 cm³/mol. The highest BCUT2D eigenvalue weighted by atomic mass is 35.5. The van der Waals surface area contributed by atoms with Gasteiger partial charge in [0.2, 0.25) is 5.91 Å². The molecule has 0 saturated heterocycles. The van der Waals surface area contributed by atoms with E-state index in [4.69, 9.17) is 11.6 Å². The molecule has 7 heteroatoms. The van der Waals surface area contributed by atoms with E-state index in [1.54, 1.807) is 24.3 Å². The zero-order valence-corrected chi connectivity index (χ0v) is 14.0. The molecule has 0 radical (unpaired) electrons. The van der Waals surface area contributed by atoms with E-state index in [1.165, 1.54) is 11.8 Å². The maximum Gasteiger partial charge on any atom is 0.367 e. The fraction of sp³-hybridized carbons (Fsp3) is 0.375. The number of rotatable bonds is 3. The molecule has 1 heterocycles. The van der Waals surface area contributed by atoms with E-state index in [2.05, 4.69) is 15.3 Å². The molecule has 1 aliphatic carbocycles. The standard InChI is InChI=1S/C16H16ClN3O2S/c17-10-5-7-11(8-6-10)18-14(21)9-23-15-12-3-1-2-4-13(12)19-16(22)20-15/h5-8,12H,1-4,9H2,(H,18,21). The van der Waals surface area contributed by atoms with Crippen LogP contribution in [0.3, 0.4) is 0 Å². The third-order valence-corrected chi connectivity index (χ3v) is 5.13. The first-order valence-corrected chi connectivity index (χ1v) is 8.86. The van der Waals surface area contributed by atoms with Crippen LogP contribution in [0.5, 0.6) is 0 Å². The molecule has 3 amide bonds. The van der Waals surface area contributed by atoms with Crippen molar-refractivity contribution in [2.45, 2.75) is 25.7 Å². The summed E-state index contributed by atoms with van der Waals surface area (Å²) in [7, 11) is 0. The quantitative estimate of drug-likeness (QED) is 0.890. The largest absolute Gasteiger partial charge is 0.367 e. The van der Waals surface area contributed by atoms with Crippen LogP contribution in [0.1, 0.15) is 25.7 Å². The van der Waals surface area contributed by atoms with E-state index in [-0.39, 0.29) is 17.6 Å². The van der Waals surface area contributed by atoms with E-state index >= 15 is 0 Å². The lowest BCUT2D eigenvalue weighted by Gasteiger charge is -2.26. The molecule has 1 aromatic rings. The molecule has 0 spiro atoms. The molecule has 5 nitrogen and oxygen atoms in total. The van der Waals surface area contributed by atoms with Gasteiger partial charge in [0.1, 0.15) is 0 Å². The van der Waals surface area contributed by atoms with Gasteiger partial charge in [0.05, 0.1) is 10.8 Å². The van der Waals surface area contributed by atoms with Gasteiger partial charge in [0.25, 0.3) is 0 Å². The van der Waals surface area contributed by atoms with Gasteiger partial charge in [-0.2, -0.15) is 4.99 Å². The fourth-order valence-corrected chi connectivity index (χ4v) is 3.79. The maximum atomic E-state index is 12.0. The summed E-state index contributed by atoms with van der Waals surface area (Å²) in [5.74, 6) is 0.209. The first-order valence-electron chi connectivity index (χ1n) is 7.50. The minimum atomic E-state index is -0.446. The summed E-state index contributed by atoms with van der Waals surface area (Å²) in [6.45, 7) is 0. The topological polar surface area (TPSA) is 70.9 Å². The number of carbonyl (C=O) groups excluding carboxylic acids is 2. The van der Waals surface area contributed by atoms with Crippen LogP contribution in [0.15, 0.2) is 34.3 Å². The number of aliphatic imine (C=N–C) groups is 2. The van der Waals surface area contributed by atoms with Gasteiger partial charge in [-0.3, -0.25) is 4.79 Å². The fourth-order valence-electron chi connectivity index (χ4n) is 2.72. The second-order valence-electron chi connectivity index (χ2n) is 5.48. The van der Waals surface area contributed by atoms with Crippen LogP contribution in [0, 0.1) is 5.92 Å². The Morgan fingerprint density at radius 1 is 1.26 bits per heavy atom. The van der Waals surface area contributed by atoms with Gasteiger partial charge in [-0.15, -0.1) is 0 Å². The van der Waals surface area contributed by atoms with Gasteiger partial charge >= 0.3 is 6.03 Å². The number of amides is 3. The monoisotopic (exact) mass is 349 g/mol. The number of anilines is 1. The number of thioether (sulfide) groups is 1. The number of fused-ring (bicyclic) bond motifs is 1. The average molecular weight is 350 g/mol. The molecular formula is C16H16ClN3O2S. The van der Waals surface area contributed by atoms with Gasteiger partial charge in [-0.25, -0.2) is 9.79 Å². The summed E-state index contributed by atoms with van der Waals surface area (Å²) < 4.78 is 0. The average Bonchev–Trinajstić information content (AvgIpc) is 2.54. The molecule has 1 aromatic carbocycles. The Balaban J connectivity index is 1.57. The Morgan fingerprint density at radius 3 is 2.83 bits per heavy atom. The molecule has 23 heavy (non-hydrogen) atoms. The molecule has 0 aromatic heterocycles. The number of nitrogens with one attached hydrogen (secondary N) is 1. The van der Waals surface area contributed by atoms with Gasteiger partial charge in [0, 0.05) is 22.3 Å². The Kier molecular flexibility index (Phi) is 5.13. The molecule has 1 saturated carbocycles. The summed E-state index contributed by atoms with van der Waals surface area (Å²) >= 11 is 7.14. The summed E-state index contributed by atoms with van der Waals surface area (Å²) in [6, 6.07) is 6.49. The van der Waals surface area contributed by atoms with E-state index in [1.807, 2.05) is 0 Å². The molecule has 1 atom stereocenters. The number of hydrogen-bond donors (Lipinski definition) is 1. The molecule has 3 rings (SSSR count). The molecule has 120 valence electrons. The van der Waals surface area contributed by atoms with Crippen LogP contribution in [-0.2, 0) is 4.79 Å². The smallest absolute Gasteiger partial charge is 0.325 e. The van der Waals surface area contributed by atoms with Crippen molar-refractivity contribution in [1.29, 1.82) is 0 Å². The number of halogens is 1. The van der Waals surface area contributed by atoms with Crippen molar-refractivity contribution in [3.63, 3.8) is 0 Å². The summed E-state index contributed by atoms with van der Waals surface area (Å²) in [4.78, 5) is 31.7. The first kappa shape index (κ1) is 16.2. The lowest BCUT2D eigenvalue weighted by atomic mass is 9.87.